The Bertz CT molecular complexity index is 834. The Hall–Kier alpha value is -3.14. The topological polar surface area (TPSA) is 45.2 Å². The molecule has 26 heavy (non-hydrogen) atoms. The van der Waals surface area contributed by atoms with Gasteiger partial charge in [-0.3, -0.25) is 4.98 Å². The van der Waals surface area contributed by atoms with E-state index in [4.69, 9.17) is 0 Å². The second-order valence-corrected chi connectivity index (χ2v) is 6.28. The largest absolute Gasteiger partial charge is 0.322 e. The van der Waals surface area contributed by atoms with E-state index < -0.39 is 0 Å². The molecule has 132 valence electrons. The molecule has 1 heterocycles. The first-order valence-electron chi connectivity index (χ1n) is 8.77. The Labute approximate surface area is 154 Å². The number of rotatable bonds is 6. The number of hydrogen-bond acceptors (Lipinski definition) is 2. The molecule has 1 aromatic heterocycles. The van der Waals surface area contributed by atoms with Gasteiger partial charge in [0.25, 0.3) is 0 Å². The van der Waals surface area contributed by atoms with Gasteiger partial charge in [-0.05, 0) is 42.3 Å². The molecule has 2 aromatic carbocycles. The maximum absolute atomic E-state index is 12.8. The Kier molecular flexibility index (Phi) is 5.99. The Morgan fingerprint density at radius 3 is 2.54 bits per heavy atom. The van der Waals surface area contributed by atoms with Crippen molar-refractivity contribution in [2.24, 2.45) is 0 Å². The lowest BCUT2D eigenvalue weighted by atomic mass is 10.2. The van der Waals surface area contributed by atoms with Crippen molar-refractivity contribution in [3.05, 3.63) is 95.8 Å². The first-order chi connectivity index (χ1) is 12.7. The molecule has 3 aromatic rings. The molecule has 2 amide bonds. The summed E-state index contributed by atoms with van der Waals surface area (Å²) >= 11 is 0. The molecule has 0 radical (unpaired) electrons. The van der Waals surface area contributed by atoms with Gasteiger partial charge in [0.1, 0.15) is 0 Å². The molecule has 4 heteroatoms. The average Bonchev–Trinajstić information content (AvgIpc) is 2.66. The lowest BCUT2D eigenvalue weighted by Crippen LogP contribution is -2.36. The number of anilines is 1. The summed E-state index contributed by atoms with van der Waals surface area (Å²) in [7, 11) is 0. The van der Waals surface area contributed by atoms with Crippen LogP contribution in [0.25, 0.3) is 0 Å². The second kappa shape index (κ2) is 8.81. The molecule has 0 saturated heterocycles. The maximum atomic E-state index is 12.8. The number of carbonyl (C=O) groups excluding carboxylic acids is 1. The van der Waals surface area contributed by atoms with Crippen molar-refractivity contribution in [1.29, 1.82) is 0 Å². The maximum Gasteiger partial charge on any atom is 0.322 e. The van der Waals surface area contributed by atoms with Crippen molar-refractivity contribution in [2.75, 3.05) is 11.9 Å². The minimum absolute atomic E-state index is 0.101. The molecule has 0 aliphatic heterocycles. The van der Waals surface area contributed by atoms with E-state index in [9.17, 15) is 4.79 Å². The van der Waals surface area contributed by atoms with Crippen LogP contribution in [0.1, 0.15) is 16.8 Å². The third-order valence-corrected chi connectivity index (χ3v) is 4.14. The molecular weight excluding hydrogens is 322 g/mol. The highest BCUT2D eigenvalue weighted by molar-refractivity contribution is 5.89. The number of aryl methyl sites for hydroxylation is 1. The SMILES string of the molecule is Cc1cccc(NC(=O)N(CCc2ccccn2)Cc2ccccc2)c1. The molecule has 4 nitrogen and oxygen atoms in total. The predicted molar refractivity (Wildman–Crippen MR) is 105 cm³/mol. The van der Waals surface area contributed by atoms with E-state index in [-0.39, 0.29) is 6.03 Å². The fourth-order valence-corrected chi connectivity index (χ4v) is 2.78. The van der Waals surface area contributed by atoms with Crippen molar-refractivity contribution < 1.29 is 4.79 Å². The number of aromatic nitrogens is 1. The van der Waals surface area contributed by atoms with E-state index in [0.29, 0.717) is 13.1 Å². The summed E-state index contributed by atoms with van der Waals surface area (Å²) in [6.07, 6.45) is 2.50. The van der Waals surface area contributed by atoms with Crippen molar-refractivity contribution in [1.82, 2.24) is 9.88 Å². The minimum Gasteiger partial charge on any atom is -0.320 e. The minimum atomic E-state index is -0.101. The molecule has 0 aliphatic carbocycles. The van der Waals surface area contributed by atoms with Gasteiger partial charge in [0.2, 0.25) is 0 Å². The van der Waals surface area contributed by atoms with Crippen LogP contribution in [0.2, 0.25) is 0 Å². The molecule has 0 saturated carbocycles. The van der Waals surface area contributed by atoms with E-state index in [2.05, 4.69) is 10.3 Å². The predicted octanol–water partition coefficient (Wildman–Crippen LogP) is 4.67. The Morgan fingerprint density at radius 1 is 1.00 bits per heavy atom. The summed E-state index contributed by atoms with van der Waals surface area (Å²) in [5, 5.41) is 3.01. The quantitative estimate of drug-likeness (QED) is 0.706. The van der Waals surface area contributed by atoms with Crippen molar-refractivity contribution >= 4 is 11.7 Å². The summed E-state index contributed by atoms with van der Waals surface area (Å²) in [5.74, 6) is 0. The first kappa shape index (κ1) is 17.7. The number of amides is 2. The average molecular weight is 345 g/mol. The monoisotopic (exact) mass is 345 g/mol. The molecule has 1 N–H and O–H groups in total. The zero-order valence-electron chi connectivity index (χ0n) is 14.9. The van der Waals surface area contributed by atoms with Gasteiger partial charge < -0.3 is 10.2 Å². The number of hydrogen-bond donors (Lipinski definition) is 1. The van der Waals surface area contributed by atoms with Crippen molar-refractivity contribution in [3.63, 3.8) is 0 Å². The number of pyridine rings is 1. The third kappa shape index (κ3) is 5.18. The molecule has 0 bridgehead atoms. The summed E-state index contributed by atoms with van der Waals surface area (Å²) in [5.41, 5.74) is 4.01. The summed E-state index contributed by atoms with van der Waals surface area (Å²) in [4.78, 5) is 19.0. The van der Waals surface area contributed by atoms with Gasteiger partial charge in [0.15, 0.2) is 0 Å². The summed E-state index contributed by atoms with van der Waals surface area (Å²) < 4.78 is 0. The smallest absolute Gasteiger partial charge is 0.320 e. The lowest BCUT2D eigenvalue weighted by molar-refractivity contribution is 0.209. The highest BCUT2D eigenvalue weighted by atomic mass is 16.2. The molecule has 0 atom stereocenters. The van der Waals surface area contributed by atoms with Crippen molar-refractivity contribution in [2.45, 2.75) is 19.9 Å². The number of nitrogens with zero attached hydrogens (tertiary/aromatic N) is 2. The molecular formula is C22H23N3O. The van der Waals surface area contributed by atoms with Crippen LogP contribution in [0.3, 0.4) is 0 Å². The number of urea groups is 1. The van der Waals surface area contributed by atoms with Gasteiger partial charge in [-0.15, -0.1) is 0 Å². The van der Waals surface area contributed by atoms with E-state index in [0.717, 1.165) is 28.9 Å². The molecule has 0 spiro atoms. The highest BCUT2D eigenvalue weighted by Crippen LogP contribution is 2.13. The van der Waals surface area contributed by atoms with Crippen LogP contribution < -0.4 is 5.32 Å². The van der Waals surface area contributed by atoms with Crippen LogP contribution in [0.15, 0.2) is 79.0 Å². The zero-order valence-corrected chi connectivity index (χ0v) is 14.9. The molecule has 0 fully saturated rings. The molecule has 0 aliphatic rings. The number of benzene rings is 2. The van der Waals surface area contributed by atoms with E-state index in [1.54, 1.807) is 6.20 Å². The van der Waals surface area contributed by atoms with Crippen LogP contribution in [-0.4, -0.2) is 22.5 Å². The van der Waals surface area contributed by atoms with Crippen LogP contribution in [0, 0.1) is 6.92 Å². The van der Waals surface area contributed by atoms with Crippen LogP contribution in [0.5, 0.6) is 0 Å². The fraction of sp³-hybridized carbons (Fsp3) is 0.182. The van der Waals surface area contributed by atoms with Gasteiger partial charge in [0, 0.05) is 37.1 Å². The number of nitrogens with one attached hydrogen (secondary N) is 1. The number of carbonyl (C=O) groups is 1. The zero-order chi connectivity index (χ0) is 18.2. The van der Waals surface area contributed by atoms with Gasteiger partial charge in [-0.25, -0.2) is 4.79 Å². The normalized spacial score (nSPS) is 10.3. The Balaban J connectivity index is 1.71. The van der Waals surface area contributed by atoms with Gasteiger partial charge >= 0.3 is 6.03 Å². The standard InChI is InChI=1S/C22H23N3O/c1-18-8-7-12-21(16-18)24-22(26)25(17-19-9-3-2-4-10-19)15-13-20-11-5-6-14-23-20/h2-12,14,16H,13,15,17H2,1H3,(H,24,26). The van der Waals surface area contributed by atoms with E-state index in [1.807, 2.05) is 84.6 Å². The second-order valence-electron chi connectivity index (χ2n) is 6.28. The third-order valence-electron chi connectivity index (χ3n) is 4.14. The van der Waals surface area contributed by atoms with Crippen LogP contribution >= 0.6 is 0 Å². The van der Waals surface area contributed by atoms with E-state index >= 15 is 0 Å². The van der Waals surface area contributed by atoms with E-state index in [1.165, 1.54) is 0 Å². The molecule has 3 rings (SSSR count). The summed E-state index contributed by atoms with van der Waals surface area (Å²) in [6.45, 7) is 3.17. The molecule has 0 unspecified atom stereocenters. The van der Waals surface area contributed by atoms with Gasteiger partial charge in [-0.2, -0.15) is 0 Å². The van der Waals surface area contributed by atoms with Gasteiger partial charge in [-0.1, -0.05) is 48.5 Å². The van der Waals surface area contributed by atoms with Crippen molar-refractivity contribution in [3.8, 4) is 0 Å². The Morgan fingerprint density at radius 2 is 1.81 bits per heavy atom. The van der Waals surface area contributed by atoms with Crippen LogP contribution in [0.4, 0.5) is 10.5 Å². The fourth-order valence-electron chi connectivity index (χ4n) is 2.78. The lowest BCUT2D eigenvalue weighted by Gasteiger charge is -2.23. The van der Waals surface area contributed by atoms with Gasteiger partial charge in [0.05, 0.1) is 0 Å². The highest BCUT2D eigenvalue weighted by Gasteiger charge is 2.14. The first-order valence-corrected chi connectivity index (χ1v) is 8.77. The summed E-state index contributed by atoms with van der Waals surface area (Å²) in [6, 6.07) is 23.6. The van der Waals surface area contributed by atoms with Crippen LogP contribution in [-0.2, 0) is 13.0 Å².